The van der Waals surface area contributed by atoms with Gasteiger partial charge < -0.3 is 44.9 Å². The Morgan fingerprint density at radius 1 is 0.952 bits per heavy atom. The number of aromatic nitrogens is 8. The largest absolute Gasteiger partial charge is 0.695 e. The van der Waals surface area contributed by atoms with Gasteiger partial charge in [0, 0.05) is 42.4 Å². The minimum absolute atomic E-state index is 0.0709. The normalized spacial score (nSPS) is 20.8. The highest BCUT2D eigenvalue weighted by atomic mass is 32.2. The molecule has 0 aliphatic carbocycles. The second-order valence-corrected chi connectivity index (χ2v) is 22.8. The number of hydrogen-bond acceptors (Lipinski definition) is 21. The Hall–Kier alpha value is -8.01. The van der Waals surface area contributed by atoms with E-state index >= 15 is 4.39 Å². The fraction of sp³-hybridized carbons (Fsp3) is 0.460. The summed E-state index contributed by atoms with van der Waals surface area (Å²) in [5.74, 6) is -2.57. The second kappa shape index (κ2) is 26.3. The van der Waals surface area contributed by atoms with E-state index in [1.54, 1.807) is 77.1 Å². The van der Waals surface area contributed by atoms with Gasteiger partial charge in [-0.2, -0.15) is 18.1 Å². The third-order valence-corrected chi connectivity index (χ3v) is 14.4. The molecule has 8 N–H and O–H groups in total. The van der Waals surface area contributed by atoms with E-state index < -0.39 is 128 Å². The number of anilines is 2. The van der Waals surface area contributed by atoms with Crippen LogP contribution in [0.5, 0.6) is 0 Å². The van der Waals surface area contributed by atoms with Crippen molar-refractivity contribution >= 4 is 82.4 Å². The molecule has 2 aromatic carbocycles. The number of alkyl halides is 1. The van der Waals surface area contributed by atoms with Gasteiger partial charge in [0.15, 0.2) is 41.5 Å². The Morgan fingerprint density at radius 3 is 2.37 bits per heavy atom. The van der Waals surface area contributed by atoms with Crippen molar-refractivity contribution in [1.82, 2.24) is 59.3 Å². The molecule has 6 heterocycles. The van der Waals surface area contributed by atoms with Crippen molar-refractivity contribution in [3.8, 4) is 0 Å². The summed E-state index contributed by atoms with van der Waals surface area (Å²) in [6.45, 7) is 8.40. The summed E-state index contributed by atoms with van der Waals surface area (Å²) in [4.78, 5) is 113. The molecule has 0 radical (unpaired) electrons. The van der Waals surface area contributed by atoms with Crippen molar-refractivity contribution in [2.75, 3.05) is 30.8 Å². The summed E-state index contributed by atoms with van der Waals surface area (Å²) < 4.78 is 92.2. The summed E-state index contributed by atoms with van der Waals surface area (Å²) in [7, 11) is -6.78. The number of amides is 5. The molecule has 5 amide bonds. The van der Waals surface area contributed by atoms with Crippen LogP contribution in [-0.4, -0.2) is 161 Å². The van der Waals surface area contributed by atoms with E-state index in [1.165, 1.54) is 52.9 Å². The standard InChI is InChI=1S/C50H60FN14O17PS/c1-25(2)36(59-48(71)80-50(4,5)6)43(69)57-26(3)41(67)58-29-14-12-27(13-15-29)21-77-49(72)63(7)19-28-10-8-9-11-31(28)42(68)61-47-60-40-37(44(70)62-47)55-24-65(40)45-33(16-30(20-66)78-45)82-84(75,76)56-18-34-38(81-83(73)74)35(51)46(79-34)64-23-54-32-17-52-22-53-39(32)64/h8-15,17,22-26,30,33-36,38,45-46,56,66H,16,18-21H2,1-7H3,(H5-,57,58,59,60,61,62,67,68,69,70,71,73,74)/p+1/t26?,30-,33+,34+,35+,36?,38+,45+,46+/m0/s1. The van der Waals surface area contributed by atoms with Crippen LogP contribution in [0.25, 0.3) is 22.3 Å². The number of benzene rings is 2. The molecule has 0 saturated carbocycles. The van der Waals surface area contributed by atoms with E-state index in [0.29, 0.717) is 16.8 Å². The number of halogens is 1. The SMILES string of the molecule is CC(NC(=O)C(NC(=O)OC(C)(C)C)C(C)C)C(=O)Nc1ccc(COC(=O)N(C)Cc2ccccc2C(=O)Nc2nc3c(ncn3[C@@H]3O[C@H](CO)C[C@H]3OS(=O)(=O)NC[C@H]3O[C@@H](n4cnc5cncnc54)[C@H](F)[C@@H]3O[P+](=O)O)c(=O)[nH]2)cc1. The lowest BCUT2D eigenvalue weighted by Gasteiger charge is -2.26. The van der Waals surface area contributed by atoms with Crippen LogP contribution in [0.4, 0.5) is 25.6 Å². The maximum absolute atomic E-state index is 15.9. The van der Waals surface area contributed by atoms with E-state index in [4.69, 9.17) is 27.7 Å². The third-order valence-electron chi connectivity index (χ3n) is 12.9. The maximum Gasteiger partial charge on any atom is 0.695 e. The minimum Gasteiger partial charge on any atom is -0.445 e. The Morgan fingerprint density at radius 2 is 1.67 bits per heavy atom. The first-order valence-corrected chi connectivity index (χ1v) is 28.4. The fourth-order valence-corrected chi connectivity index (χ4v) is 10.3. The molecule has 2 fully saturated rings. The number of aromatic amines is 1. The molecule has 6 aromatic rings. The van der Waals surface area contributed by atoms with Gasteiger partial charge in [-0.1, -0.05) is 44.2 Å². The average molecular weight is 1210 g/mol. The quantitative estimate of drug-likeness (QED) is 0.0453. The zero-order valence-electron chi connectivity index (χ0n) is 46.1. The predicted octanol–water partition coefficient (Wildman–Crippen LogP) is 2.74. The summed E-state index contributed by atoms with van der Waals surface area (Å²) in [5.41, 5.74) is -0.265. The van der Waals surface area contributed by atoms with Gasteiger partial charge in [0.2, 0.25) is 17.8 Å². The Kier molecular flexibility index (Phi) is 19.4. The molecule has 0 bridgehead atoms. The Labute approximate surface area is 478 Å². The zero-order chi connectivity index (χ0) is 60.8. The monoisotopic (exact) mass is 1210 g/mol. The number of nitrogens with zero attached hydrogens (tertiary/aromatic N) is 8. The number of hydrogen-bond donors (Lipinski definition) is 8. The van der Waals surface area contributed by atoms with Crippen molar-refractivity contribution < 1.29 is 79.0 Å². The van der Waals surface area contributed by atoms with Crippen LogP contribution in [0.1, 0.15) is 81.9 Å². The summed E-state index contributed by atoms with van der Waals surface area (Å²) in [6, 6.07) is 10.7. The number of nitrogens with one attached hydrogen (secondary N) is 6. The zero-order valence-corrected chi connectivity index (χ0v) is 47.8. The lowest BCUT2D eigenvalue weighted by Crippen LogP contribution is -2.54. The van der Waals surface area contributed by atoms with Gasteiger partial charge >= 0.3 is 30.7 Å². The topological polar surface area (TPSA) is 403 Å². The van der Waals surface area contributed by atoms with Crippen molar-refractivity contribution in [3.63, 3.8) is 0 Å². The van der Waals surface area contributed by atoms with Crippen LogP contribution < -0.4 is 31.5 Å². The molecule has 2 aliphatic rings. The number of H-pyrrole nitrogens is 1. The number of aliphatic hydroxyl groups excluding tert-OH is 1. The van der Waals surface area contributed by atoms with Gasteiger partial charge in [-0.15, -0.1) is 9.42 Å². The molecule has 2 saturated heterocycles. The molecule has 8 rings (SSSR count). The highest BCUT2D eigenvalue weighted by Crippen LogP contribution is 2.39. The van der Waals surface area contributed by atoms with Crippen molar-refractivity contribution in [2.24, 2.45) is 5.92 Å². The van der Waals surface area contributed by atoms with Crippen molar-refractivity contribution in [2.45, 2.75) is 122 Å². The number of carbonyl (C=O) groups is 5. The first-order chi connectivity index (χ1) is 39.8. The van der Waals surface area contributed by atoms with Gasteiger partial charge in [-0.3, -0.25) is 38.6 Å². The van der Waals surface area contributed by atoms with Gasteiger partial charge in [-0.05, 0) is 62.9 Å². The van der Waals surface area contributed by atoms with Gasteiger partial charge in [-0.25, -0.2) is 38.1 Å². The highest BCUT2D eigenvalue weighted by Gasteiger charge is 2.52. The number of imidazole rings is 2. The predicted molar refractivity (Wildman–Crippen MR) is 291 cm³/mol. The van der Waals surface area contributed by atoms with E-state index in [2.05, 4.69) is 55.9 Å². The van der Waals surface area contributed by atoms with E-state index in [1.807, 2.05) is 0 Å². The van der Waals surface area contributed by atoms with Crippen LogP contribution in [0.3, 0.4) is 0 Å². The van der Waals surface area contributed by atoms with Crippen molar-refractivity contribution in [3.05, 3.63) is 101 Å². The first-order valence-electron chi connectivity index (χ1n) is 25.9. The van der Waals surface area contributed by atoms with Gasteiger partial charge in [0.1, 0.15) is 48.3 Å². The molecule has 0 spiro atoms. The second-order valence-electron chi connectivity index (χ2n) is 20.7. The molecular formula is C50H61FN14O17PS+. The molecule has 31 nitrogen and oxygen atoms in total. The number of carbonyl (C=O) groups excluding carboxylic acids is 5. The van der Waals surface area contributed by atoms with Crippen LogP contribution in [-0.2, 0) is 65.3 Å². The molecular weight excluding hydrogens is 1150 g/mol. The number of ether oxygens (including phenoxy) is 4. The lowest BCUT2D eigenvalue weighted by atomic mass is 10.0. The summed E-state index contributed by atoms with van der Waals surface area (Å²) in [5, 5.41) is 20.5. The van der Waals surface area contributed by atoms with Crippen LogP contribution in [0.15, 0.2) is 78.5 Å². The van der Waals surface area contributed by atoms with Crippen molar-refractivity contribution in [1.29, 1.82) is 0 Å². The highest BCUT2D eigenvalue weighted by molar-refractivity contribution is 7.84. The maximum atomic E-state index is 15.9. The average Bonchev–Trinajstić information content (AvgIpc) is 3.07. The number of aliphatic hydroxyl groups is 1. The molecule has 2 aliphatic heterocycles. The third kappa shape index (κ3) is 15.2. The Bertz CT molecular complexity index is 3590. The Balaban J connectivity index is 0.862. The van der Waals surface area contributed by atoms with E-state index in [-0.39, 0.29) is 59.3 Å². The minimum atomic E-state index is -4.84. The van der Waals surface area contributed by atoms with Crippen LogP contribution in [0.2, 0.25) is 0 Å². The lowest BCUT2D eigenvalue weighted by molar-refractivity contribution is -0.128. The smallest absolute Gasteiger partial charge is 0.445 e. The first kappa shape index (κ1) is 62.0. The van der Waals surface area contributed by atoms with Crippen LogP contribution >= 0.6 is 8.25 Å². The molecule has 3 unspecified atom stereocenters. The van der Waals surface area contributed by atoms with Crippen LogP contribution in [0, 0.1) is 5.92 Å². The molecule has 84 heavy (non-hydrogen) atoms. The molecule has 34 heteroatoms. The summed E-state index contributed by atoms with van der Waals surface area (Å²) >= 11 is 0. The number of rotatable bonds is 22. The number of alkyl carbamates (subject to hydrolysis) is 1. The fourth-order valence-electron chi connectivity index (χ4n) is 8.90. The van der Waals surface area contributed by atoms with E-state index in [9.17, 15) is 51.8 Å². The summed E-state index contributed by atoms with van der Waals surface area (Å²) in [6.07, 6.45) is -7.66. The number of fused-ring (bicyclic) bond motifs is 2. The molecule has 4 aromatic heterocycles. The molecule has 450 valence electrons. The van der Waals surface area contributed by atoms with E-state index in [0.717, 1.165) is 6.33 Å². The van der Waals surface area contributed by atoms with Gasteiger partial charge in [0.05, 0.1) is 31.6 Å². The van der Waals surface area contributed by atoms with Gasteiger partial charge in [0.25, 0.3) is 11.5 Å². The molecule has 10 atom stereocenters.